The largest absolute Gasteiger partial charge is 0.329 e. The predicted octanol–water partition coefficient (Wildman–Crippen LogP) is 4.15. The molecule has 1 fully saturated rings. The van der Waals surface area contributed by atoms with E-state index in [1.54, 1.807) is 0 Å². The van der Waals surface area contributed by atoms with E-state index in [4.69, 9.17) is 5.73 Å². The summed E-state index contributed by atoms with van der Waals surface area (Å²) in [6.45, 7) is 8.73. The number of nitrogens with zero attached hydrogens (tertiary/aromatic N) is 1. The number of nitrogens with two attached hydrogens (primary N) is 1. The van der Waals surface area contributed by atoms with Crippen LogP contribution in [-0.4, -0.2) is 24.0 Å². The molecule has 0 radical (unpaired) electrons. The molecule has 0 amide bonds. The Morgan fingerprint density at radius 1 is 1.19 bits per heavy atom. The van der Waals surface area contributed by atoms with Gasteiger partial charge in [0.1, 0.15) is 0 Å². The Kier molecular flexibility index (Phi) is 6.25. The van der Waals surface area contributed by atoms with E-state index in [2.05, 4.69) is 49.9 Å². The van der Waals surface area contributed by atoms with Crippen LogP contribution in [0.25, 0.3) is 0 Å². The van der Waals surface area contributed by atoms with Gasteiger partial charge in [-0.1, -0.05) is 51.5 Å². The Bertz CT molecular complexity index is 406. The van der Waals surface area contributed by atoms with Crippen LogP contribution in [-0.2, 0) is 6.42 Å². The lowest BCUT2D eigenvalue weighted by Gasteiger charge is -2.31. The number of rotatable bonds is 9. The summed E-state index contributed by atoms with van der Waals surface area (Å²) in [5.74, 6) is 0.716. The van der Waals surface area contributed by atoms with Crippen LogP contribution in [0.5, 0.6) is 0 Å². The highest BCUT2D eigenvalue weighted by atomic mass is 15.2. The van der Waals surface area contributed by atoms with E-state index in [0.29, 0.717) is 12.0 Å². The van der Waals surface area contributed by atoms with Crippen LogP contribution in [0.1, 0.15) is 63.6 Å². The third-order valence-corrected chi connectivity index (χ3v) is 4.42. The summed E-state index contributed by atoms with van der Waals surface area (Å²) in [6, 6.07) is 10.4. The fourth-order valence-electron chi connectivity index (χ4n) is 3.15. The molecule has 0 aliphatic heterocycles. The Labute approximate surface area is 130 Å². The molecule has 118 valence electrons. The molecule has 0 spiro atoms. The van der Waals surface area contributed by atoms with Crippen LogP contribution in [0.15, 0.2) is 24.3 Å². The normalized spacial score (nSPS) is 16.7. The number of hydrogen-bond donors (Lipinski definition) is 1. The summed E-state index contributed by atoms with van der Waals surface area (Å²) in [7, 11) is 0. The third-order valence-electron chi connectivity index (χ3n) is 4.42. The zero-order valence-electron chi connectivity index (χ0n) is 14.0. The van der Waals surface area contributed by atoms with Gasteiger partial charge < -0.3 is 5.73 Å². The molecule has 1 aromatic rings. The summed E-state index contributed by atoms with van der Waals surface area (Å²) in [4.78, 5) is 2.65. The first-order valence-electron chi connectivity index (χ1n) is 8.70. The van der Waals surface area contributed by atoms with Gasteiger partial charge in [-0.25, -0.2) is 0 Å². The van der Waals surface area contributed by atoms with Crippen molar-refractivity contribution in [2.75, 3.05) is 13.1 Å². The molecule has 0 saturated heterocycles. The van der Waals surface area contributed by atoms with E-state index in [1.807, 2.05) is 0 Å². The van der Waals surface area contributed by atoms with Gasteiger partial charge in [0.05, 0.1) is 0 Å². The van der Waals surface area contributed by atoms with Gasteiger partial charge in [-0.2, -0.15) is 0 Å². The summed E-state index contributed by atoms with van der Waals surface area (Å²) in [6.07, 6.45) is 6.40. The zero-order valence-corrected chi connectivity index (χ0v) is 14.0. The molecular formula is C19H32N2. The van der Waals surface area contributed by atoms with E-state index < -0.39 is 0 Å². The lowest BCUT2D eigenvalue weighted by molar-refractivity contribution is 0.188. The molecule has 2 nitrogen and oxygen atoms in total. The first kappa shape index (κ1) is 16.5. The van der Waals surface area contributed by atoms with Crippen molar-refractivity contribution in [2.24, 2.45) is 11.7 Å². The van der Waals surface area contributed by atoms with Crippen LogP contribution in [0, 0.1) is 5.92 Å². The van der Waals surface area contributed by atoms with Crippen LogP contribution >= 0.6 is 0 Å². The second kappa shape index (κ2) is 7.95. The Balaban J connectivity index is 2.07. The van der Waals surface area contributed by atoms with E-state index in [0.717, 1.165) is 19.0 Å². The van der Waals surface area contributed by atoms with Crippen LogP contribution in [0.4, 0.5) is 0 Å². The minimum absolute atomic E-state index is 0.400. The standard InChI is InChI=1S/C19H32N2/c1-4-5-12-21(18-10-11-18)19(14-20)17-8-6-16(7-9-17)13-15(2)3/h6-9,15,18-19H,4-5,10-14,20H2,1-3H3. The van der Waals surface area contributed by atoms with Gasteiger partial charge in [0.15, 0.2) is 0 Å². The number of unbranched alkanes of at least 4 members (excludes halogenated alkanes) is 1. The lowest BCUT2D eigenvalue weighted by Crippen LogP contribution is -2.36. The molecule has 2 N–H and O–H groups in total. The quantitative estimate of drug-likeness (QED) is 0.739. The van der Waals surface area contributed by atoms with Crippen molar-refractivity contribution >= 4 is 0 Å². The maximum Gasteiger partial charge on any atom is 0.0473 e. The Morgan fingerprint density at radius 2 is 1.86 bits per heavy atom. The second-order valence-electron chi connectivity index (χ2n) is 6.91. The van der Waals surface area contributed by atoms with Crippen molar-refractivity contribution in [1.29, 1.82) is 0 Å². The fourth-order valence-corrected chi connectivity index (χ4v) is 3.15. The molecular weight excluding hydrogens is 256 g/mol. The van der Waals surface area contributed by atoms with Crippen molar-refractivity contribution < 1.29 is 0 Å². The molecule has 21 heavy (non-hydrogen) atoms. The molecule has 1 unspecified atom stereocenters. The van der Waals surface area contributed by atoms with E-state index >= 15 is 0 Å². The number of benzene rings is 1. The maximum absolute atomic E-state index is 6.12. The Hall–Kier alpha value is -0.860. The fraction of sp³-hybridized carbons (Fsp3) is 0.684. The van der Waals surface area contributed by atoms with Crippen molar-refractivity contribution in [1.82, 2.24) is 4.90 Å². The average Bonchev–Trinajstić information content (AvgIpc) is 3.28. The zero-order chi connectivity index (χ0) is 15.2. The molecule has 1 aliphatic carbocycles. The predicted molar refractivity (Wildman–Crippen MR) is 91.4 cm³/mol. The minimum atomic E-state index is 0.400. The highest BCUT2D eigenvalue weighted by Crippen LogP contribution is 2.34. The minimum Gasteiger partial charge on any atom is -0.329 e. The van der Waals surface area contributed by atoms with Gasteiger partial charge in [0, 0.05) is 18.6 Å². The van der Waals surface area contributed by atoms with E-state index in [9.17, 15) is 0 Å². The van der Waals surface area contributed by atoms with Gasteiger partial charge in [-0.15, -0.1) is 0 Å². The molecule has 2 heteroatoms. The van der Waals surface area contributed by atoms with Gasteiger partial charge in [0.25, 0.3) is 0 Å². The topological polar surface area (TPSA) is 29.3 Å². The molecule has 0 aromatic heterocycles. The van der Waals surface area contributed by atoms with Crippen molar-refractivity contribution in [3.63, 3.8) is 0 Å². The maximum atomic E-state index is 6.12. The smallest absolute Gasteiger partial charge is 0.0473 e. The van der Waals surface area contributed by atoms with Crippen molar-refractivity contribution in [3.8, 4) is 0 Å². The van der Waals surface area contributed by atoms with Crippen molar-refractivity contribution in [2.45, 2.75) is 65.0 Å². The van der Waals surface area contributed by atoms with Gasteiger partial charge >= 0.3 is 0 Å². The molecule has 0 heterocycles. The summed E-state index contributed by atoms with van der Waals surface area (Å²) < 4.78 is 0. The molecule has 1 saturated carbocycles. The van der Waals surface area contributed by atoms with Crippen LogP contribution in [0.3, 0.4) is 0 Å². The first-order valence-corrected chi connectivity index (χ1v) is 8.70. The lowest BCUT2D eigenvalue weighted by atomic mass is 9.98. The number of hydrogen-bond acceptors (Lipinski definition) is 2. The van der Waals surface area contributed by atoms with Gasteiger partial charge in [-0.3, -0.25) is 4.90 Å². The van der Waals surface area contributed by atoms with Crippen molar-refractivity contribution in [3.05, 3.63) is 35.4 Å². The molecule has 1 aromatic carbocycles. The molecule has 1 atom stereocenters. The van der Waals surface area contributed by atoms with E-state index in [1.165, 1.54) is 43.4 Å². The summed E-state index contributed by atoms with van der Waals surface area (Å²) in [5.41, 5.74) is 8.96. The Morgan fingerprint density at radius 3 is 2.33 bits per heavy atom. The SMILES string of the molecule is CCCCN(C1CC1)C(CN)c1ccc(CC(C)C)cc1. The molecule has 2 rings (SSSR count). The summed E-state index contributed by atoms with van der Waals surface area (Å²) in [5, 5.41) is 0. The average molecular weight is 288 g/mol. The first-order chi connectivity index (χ1) is 10.2. The second-order valence-corrected chi connectivity index (χ2v) is 6.91. The third kappa shape index (κ3) is 4.82. The van der Waals surface area contributed by atoms with E-state index in [-0.39, 0.29) is 0 Å². The highest BCUT2D eigenvalue weighted by molar-refractivity contribution is 5.26. The monoisotopic (exact) mass is 288 g/mol. The molecule has 0 bridgehead atoms. The van der Waals surface area contributed by atoms with Gasteiger partial charge in [-0.05, 0) is 49.3 Å². The van der Waals surface area contributed by atoms with Gasteiger partial charge in [0.2, 0.25) is 0 Å². The van der Waals surface area contributed by atoms with Crippen LogP contribution in [0.2, 0.25) is 0 Å². The molecule has 1 aliphatic rings. The highest BCUT2D eigenvalue weighted by Gasteiger charge is 2.33. The van der Waals surface area contributed by atoms with Crippen LogP contribution < -0.4 is 5.73 Å². The summed E-state index contributed by atoms with van der Waals surface area (Å²) >= 11 is 0.